The van der Waals surface area contributed by atoms with Crippen molar-refractivity contribution in [1.82, 2.24) is 9.55 Å². The number of aliphatic hydroxyl groups is 2. The number of aromatic nitrogens is 2. The van der Waals surface area contributed by atoms with E-state index >= 15 is 0 Å². The second kappa shape index (κ2) is 6.84. The minimum atomic E-state index is -0.856. The Morgan fingerprint density at radius 1 is 1.62 bits per heavy atom. The first-order chi connectivity index (χ1) is 9.96. The van der Waals surface area contributed by atoms with E-state index in [4.69, 9.17) is 14.6 Å². The van der Waals surface area contributed by atoms with Crippen LogP contribution in [0.4, 0.5) is 0 Å². The van der Waals surface area contributed by atoms with Crippen molar-refractivity contribution in [2.24, 2.45) is 0 Å². The van der Waals surface area contributed by atoms with Gasteiger partial charge in [0.05, 0.1) is 12.7 Å². The second-order valence-corrected chi connectivity index (χ2v) is 5.81. The lowest BCUT2D eigenvalue weighted by atomic mass is 10.2. The van der Waals surface area contributed by atoms with Crippen LogP contribution in [0.1, 0.15) is 18.2 Å². The number of ether oxygens (including phenoxy) is 2. The first-order valence-electron chi connectivity index (χ1n) is 6.41. The Hall–Kier alpha value is -1.00. The molecule has 0 amide bonds. The highest BCUT2D eigenvalue weighted by Gasteiger charge is 2.35. The highest BCUT2D eigenvalue weighted by atomic mass is 79.9. The zero-order valence-electron chi connectivity index (χ0n) is 11.4. The SMILES string of the molecule is COC(Br)Cc1cn([C@@H]2CC(O)[C@H](CO)O2)c(=O)[nH]c1=O. The van der Waals surface area contributed by atoms with Crippen LogP contribution in [0.3, 0.4) is 0 Å². The number of aliphatic hydroxyl groups excluding tert-OH is 2. The molecule has 1 aromatic rings. The fourth-order valence-electron chi connectivity index (χ4n) is 2.19. The van der Waals surface area contributed by atoms with Gasteiger partial charge in [-0.1, -0.05) is 15.9 Å². The third-order valence-corrected chi connectivity index (χ3v) is 4.07. The van der Waals surface area contributed by atoms with Gasteiger partial charge in [-0.2, -0.15) is 0 Å². The first kappa shape index (κ1) is 16.4. The molecule has 1 aromatic heterocycles. The molecule has 0 saturated carbocycles. The molecule has 4 atom stereocenters. The summed E-state index contributed by atoms with van der Waals surface area (Å²) in [5, 5.41) is 18.4. The van der Waals surface area contributed by atoms with E-state index in [1.807, 2.05) is 0 Å². The van der Waals surface area contributed by atoms with Gasteiger partial charge in [0.2, 0.25) is 0 Å². The van der Waals surface area contributed by atoms with E-state index in [0.717, 1.165) is 0 Å². The average molecular weight is 365 g/mol. The van der Waals surface area contributed by atoms with E-state index in [9.17, 15) is 14.7 Å². The van der Waals surface area contributed by atoms with Crippen molar-refractivity contribution >= 4 is 15.9 Å². The van der Waals surface area contributed by atoms with Crippen LogP contribution < -0.4 is 11.2 Å². The molecule has 8 nitrogen and oxygen atoms in total. The second-order valence-electron chi connectivity index (χ2n) is 4.79. The van der Waals surface area contributed by atoms with Gasteiger partial charge in [0.25, 0.3) is 5.56 Å². The predicted molar refractivity (Wildman–Crippen MR) is 76.4 cm³/mol. The molecule has 0 radical (unpaired) electrons. The summed E-state index contributed by atoms with van der Waals surface area (Å²) >= 11 is 3.24. The Morgan fingerprint density at radius 2 is 2.33 bits per heavy atom. The number of methoxy groups -OCH3 is 1. The molecule has 1 fully saturated rings. The van der Waals surface area contributed by atoms with Gasteiger partial charge in [-0.15, -0.1) is 0 Å². The third-order valence-electron chi connectivity index (χ3n) is 3.37. The van der Waals surface area contributed by atoms with Crippen molar-refractivity contribution in [2.75, 3.05) is 13.7 Å². The summed E-state index contributed by atoms with van der Waals surface area (Å²) in [6, 6.07) is 0. The van der Waals surface area contributed by atoms with Crippen LogP contribution in [0.5, 0.6) is 0 Å². The van der Waals surface area contributed by atoms with Gasteiger partial charge >= 0.3 is 5.69 Å². The number of alkyl halides is 1. The van der Waals surface area contributed by atoms with E-state index in [1.54, 1.807) is 0 Å². The maximum Gasteiger partial charge on any atom is 0.330 e. The molecule has 21 heavy (non-hydrogen) atoms. The topological polar surface area (TPSA) is 114 Å². The lowest BCUT2D eigenvalue weighted by molar-refractivity contribution is -0.0460. The van der Waals surface area contributed by atoms with E-state index in [2.05, 4.69) is 20.9 Å². The normalized spacial score (nSPS) is 27.0. The Labute approximate surface area is 128 Å². The van der Waals surface area contributed by atoms with Crippen LogP contribution in [0.15, 0.2) is 15.8 Å². The Kier molecular flexibility index (Phi) is 5.33. The zero-order valence-corrected chi connectivity index (χ0v) is 12.9. The molecule has 1 saturated heterocycles. The fourth-order valence-corrected chi connectivity index (χ4v) is 2.54. The summed E-state index contributed by atoms with van der Waals surface area (Å²) in [6.07, 6.45) is -0.489. The molecular weight excluding hydrogens is 348 g/mol. The number of rotatable bonds is 5. The van der Waals surface area contributed by atoms with Gasteiger partial charge < -0.3 is 19.7 Å². The van der Waals surface area contributed by atoms with Crippen molar-refractivity contribution in [3.63, 3.8) is 0 Å². The molecule has 0 aliphatic carbocycles. The smallest absolute Gasteiger partial charge is 0.330 e. The molecule has 2 rings (SSSR count). The maximum absolute atomic E-state index is 11.9. The van der Waals surface area contributed by atoms with Crippen molar-refractivity contribution in [2.45, 2.75) is 36.3 Å². The van der Waals surface area contributed by atoms with E-state index in [1.165, 1.54) is 17.9 Å². The molecular formula is C12H17BrN2O6. The van der Waals surface area contributed by atoms with Crippen molar-refractivity contribution in [3.8, 4) is 0 Å². The Morgan fingerprint density at radius 3 is 2.90 bits per heavy atom. The van der Waals surface area contributed by atoms with Gasteiger partial charge in [-0.3, -0.25) is 14.3 Å². The molecule has 2 unspecified atom stereocenters. The average Bonchev–Trinajstić information content (AvgIpc) is 2.82. The quantitative estimate of drug-likeness (QED) is 0.582. The lowest BCUT2D eigenvalue weighted by Gasteiger charge is -2.16. The van der Waals surface area contributed by atoms with Gasteiger partial charge in [0, 0.05) is 31.7 Å². The van der Waals surface area contributed by atoms with E-state index < -0.39 is 29.7 Å². The molecule has 9 heteroatoms. The van der Waals surface area contributed by atoms with Crippen LogP contribution in [0, 0.1) is 0 Å². The highest BCUT2D eigenvalue weighted by molar-refractivity contribution is 9.09. The molecule has 1 aliphatic heterocycles. The van der Waals surface area contributed by atoms with E-state index in [-0.39, 0.29) is 24.5 Å². The van der Waals surface area contributed by atoms with Crippen LogP contribution in [-0.4, -0.2) is 50.7 Å². The standard InChI is InChI=1S/C12H17BrN2O6/c1-20-9(13)2-6-4-15(12(19)14-11(6)18)10-3-7(17)8(5-16)21-10/h4,7-10,16-17H,2-3,5H2,1H3,(H,14,18,19)/t7?,8-,9?,10-/m0/s1. The summed E-state index contributed by atoms with van der Waals surface area (Å²) in [4.78, 5) is 25.9. The van der Waals surface area contributed by atoms with E-state index in [0.29, 0.717) is 5.56 Å². The first-order valence-corrected chi connectivity index (χ1v) is 7.33. The number of H-pyrrole nitrogens is 1. The molecule has 0 bridgehead atoms. The monoisotopic (exact) mass is 364 g/mol. The van der Waals surface area contributed by atoms with Crippen molar-refractivity contribution in [1.29, 1.82) is 0 Å². The van der Waals surface area contributed by atoms with Gasteiger partial charge in [0.1, 0.15) is 17.3 Å². The molecule has 0 aromatic carbocycles. The van der Waals surface area contributed by atoms with Crippen molar-refractivity contribution in [3.05, 3.63) is 32.6 Å². The minimum Gasteiger partial charge on any atom is -0.394 e. The Bertz CT molecular complexity index is 600. The zero-order chi connectivity index (χ0) is 15.6. The minimum absolute atomic E-state index is 0.165. The fraction of sp³-hybridized carbons (Fsp3) is 0.667. The summed E-state index contributed by atoms with van der Waals surface area (Å²) < 4.78 is 11.7. The number of aromatic amines is 1. The van der Waals surface area contributed by atoms with Crippen LogP contribution in [-0.2, 0) is 15.9 Å². The summed E-state index contributed by atoms with van der Waals surface area (Å²) in [5.41, 5.74) is -0.762. The predicted octanol–water partition coefficient (Wildman–Crippen LogP) is -0.913. The maximum atomic E-state index is 11.9. The van der Waals surface area contributed by atoms with Gasteiger partial charge in [-0.25, -0.2) is 4.79 Å². The number of hydrogen-bond donors (Lipinski definition) is 3. The summed E-state index contributed by atoms with van der Waals surface area (Å²) in [5.74, 6) is 0. The van der Waals surface area contributed by atoms with Gasteiger partial charge in [-0.05, 0) is 0 Å². The molecule has 0 spiro atoms. The molecule has 3 N–H and O–H groups in total. The molecule has 1 aliphatic rings. The largest absolute Gasteiger partial charge is 0.394 e. The summed E-state index contributed by atoms with van der Waals surface area (Å²) in [7, 11) is 1.49. The lowest BCUT2D eigenvalue weighted by Crippen LogP contribution is -2.35. The van der Waals surface area contributed by atoms with Crippen LogP contribution in [0.2, 0.25) is 0 Å². The summed E-state index contributed by atoms with van der Waals surface area (Å²) in [6.45, 7) is -0.338. The number of nitrogens with one attached hydrogen (secondary N) is 1. The van der Waals surface area contributed by atoms with Crippen molar-refractivity contribution < 1.29 is 19.7 Å². The Balaban J connectivity index is 2.30. The molecule has 118 valence electrons. The highest BCUT2D eigenvalue weighted by Crippen LogP contribution is 2.27. The third kappa shape index (κ3) is 3.61. The molecule has 2 heterocycles. The number of halogens is 1. The van der Waals surface area contributed by atoms with Gasteiger partial charge in [0.15, 0.2) is 0 Å². The van der Waals surface area contributed by atoms with Crippen LogP contribution in [0.25, 0.3) is 0 Å². The number of nitrogens with zero attached hydrogens (tertiary/aromatic N) is 1. The number of hydrogen-bond acceptors (Lipinski definition) is 6. The van der Waals surface area contributed by atoms with Crippen LogP contribution >= 0.6 is 15.9 Å².